The first-order valence-corrected chi connectivity index (χ1v) is 10.9. The third-order valence-corrected chi connectivity index (χ3v) is 7.03. The van der Waals surface area contributed by atoms with Gasteiger partial charge in [-0.2, -0.15) is 13.2 Å². The van der Waals surface area contributed by atoms with Crippen LogP contribution in [-0.4, -0.2) is 55.5 Å². The fraction of sp³-hybridized carbons (Fsp3) is 0.409. The van der Waals surface area contributed by atoms with Gasteiger partial charge in [0, 0.05) is 18.4 Å². The molecule has 34 heavy (non-hydrogen) atoms. The first kappa shape index (κ1) is 20.9. The van der Waals surface area contributed by atoms with Crippen LogP contribution in [0.5, 0.6) is 5.88 Å². The molecule has 1 aliphatic heterocycles. The minimum Gasteiger partial charge on any atom is -0.473 e. The molecule has 2 saturated carbocycles. The number of fused-ring (bicyclic) bond motifs is 3. The van der Waals surface area contributed by atoms with Gasteiger partial charge in [-0.3, -0.25) is 19.6 Å². The van der Waals surface area contributed by atoms with E-state index in [1.54, 1.807) is 6.20 Å². The molecule has 12 heteroatoms. The molecule has 3 aromatic rings. The number of nitrogens with one attached hydrogen (secondary N) is 1. The standard InChI is InChI=1S/C22H19F3N6O3/c23-22(24,25)13-6-14(8-26-7-13)30-9-18(32)31(21(30)33)16-4-12-3-11(16)5-17(12)34-20-15-1-2-27-19(15)28-10-29-20/h1-2,6-8,10-12,16-17H,3-5,9H2,(H,27,28,29). The second kappa shape index (κ2) is 7.40. The van der Waals surface area contributed by atoms with Crippen LogP contribution < -0.4 is 9.64 Å². The quantitative estimate of drug-likeness (QED) is 0.584. The van der Waals surface area contributed by atoms with Gasteiger partial charge in [0.25, 0.3) is 5.91 Å². The largest absolute Gasteiger partial charge is 0.473 e. The summed E-state index contributed by atoms with van der Waals surface area (Å²) in [7, 11) is 0. The number of nitrogens with zero attached hydrogens (tertiary/aromatic N) is 5. The summed E-state index contributed by atoms with van der Waals surface area (Å²) in [5.41, 5.74) is -0.326. The molecule has 3 amide bonds. The molecule has 0 aromatic carbocycles. The van der Waals surface area contributed by atoms with Crippen molar-refractivity contribution in [1.29, 1.82) is 0 Å². The van der Waals surface area contributed by atoms with Gasteiger partial charge >= 0.3 is 12.2 Å². The van der Waals surface area contributed by atoms with Crippen LogP contribution in [-0.2, 0) is 11.0 Å². The number of aromatic nitrogens is 4. The monoisotopic (exact) mass is 472 g/mol. The summed E-state index contributed by atoms with van der Waals surface area (Å²) >= 11 is 0. The summed E-state index contributed by atoms with van der Waals surface area (Å²) in [4.78, 5) is 43.2. The van der Waals surface area contributed by atoms with E-state index in [1.165, 1.54) is 11.2 Å². The Hall–Kier alpha value is -3.70. The Morgan fingerprint density at radius 3 is 2.71 bits per heavy atom. The highest BCUT2D eigenvalue weighted by atomic mass is 19.4. The van der Waals surface area contributed by atoms with Gasteiger partial charge in [0.2, 0.25) is 5.88 Å². The van der Waals surface area contributed by atoms with Gasteiger partial charge in [-0.25, -0.2) is 14.8 Å². The van der Waals surface area contributed by atoms with E-state index >= 15 is 0 Å². The Balaban J connectivity index is 1.17. The number of amides is 3. The first-order valence-electron chi connectivity index (χ1n) is 10.9. The van der Waals surface area contributed by atoms with Crippen molar-refractivity contribution in [2.75, 3.05) is 11.4 Å². The molecule has 6 rings (SSSR count). The van der Waals surface area contributed by atoms with Crippen molar-refractivity contribution < 1.29 is 27.5 Å². The number of pyridine rings is 1. The summed E-state index contributed by atoms with van der Waals surface area (Å²) in [6.07, 6.45) is 2.42. The van der Waals surface area contributed by atoms with Gasteiger partial charge in [0.15, 0.2) is 0 Å². The van der Waals surface area contributed by atoms with E-state index in [2.05, 4.69) is 19.9 Å². The first-order chi connectivity index (χ1) is 16.3. The summed E-state index contributed by atoms with van der Waals surface area (Å²) < 4.78 is 45.4. The molecule has 4 atom stereocenters. The predicted octanol–water partition coefficient (Wildman–Crippen LogP) is 3.39. The van der Waals surface area contributed by atoms with Gasteiger partial charge in [-0.1, -0.05) is 0 Å². The summed E-state index contributed by atoms with van der Waals surface area (Å²) in [6.45, 7) is -0.304. The highest BCUT2D eigenvalue weighted by Crippen LogP contribution is 2.49. The second-order valence-corrected chi connectivity index (χ2v) is 8.93. The predicted molar refractivity (Wildman–Crippen MR) is 112 cm³/mol. The van der Waals surface area contributed by atoms with Gasteiger partial charge in [-0.15, -0.1) is 0 Å². The number of alkyl halides is 3. The van der Waals surface area contributed by atoms with E-state index in [0.717, 1.165) is 29.0 Å². The third kappa shape index (κ3) is 3.27. The Morgan fingerprint density at radius 1 is 1.09 bits per heavy atom. The average molecular weight is 472 g/mol. The molecule has 1 N–H and O–H groups in total. The fourth-order valence-electron chi connectivity index (χ4n) is 5.51. The molecule has 3 fully saturated rings. The number of hydrogen-bond acceptors (Lipinski definition) is 6. The molecular formula is C22H19F3N6O3. The number of H-pyrrole nitrogens is 1. The molecule has 1 saturated heterocycles. The molecule has 4 unspecified atom stereocenters. The third-order valence-electron chi connectivity index (χ3n) is 7.03. The van der Waals surface area contributed by atoms with E-state index in [-0.39, 0.29) is 36.2 Å². The number of ether oxygens (including phenoxy) is 1. The molecule has 176 valence electrons. The van der Waals surface area contributed by atoms with Crippen molar-refractivity contribution in [1.82, 2.24) is 24.8 Å². The fourth-order valence-corrected chi connectivity index (χ4v) is 5.51. The lowest BCUT2D eigenvalue weighted by molar-refractivity contribution is -0.137. The summed E-state index contributed by atoms with van der Waals surface area (Å²) in [6, 6.07) is 1.78. The van der Waals surface area contributed by atoms with Crippen LogP contribution >= 0.6 is 0 Å². The minimum atomic E-state index is -4.59. The van der Waals surface area contributed by atoms with Crippen molar-refractivity contribution in [2.24, 2.45) is 11.8 Å². The smallest absolute Gasteiger partial charge is 0.417 e. The SMILES string of the molecule is O=C1CN(c2cncc(C(F)(F)F)c2)C(=O)N1C1CC2CC1CC2Oc1ncnc2[nH]ccc12. The lowest BCUT2D eigenvalue weighted by atomic mass is 9.92. The topological polar surface area (TPSA) is 104 Å². The molecule has 2 aliphatic carbocycles. The molecule has 0 radical (unpaired) electrons. The second-order valence-electron chi connectivity index (χ2n) is 8.93. The number of carbonyl (C=O) groups excluding carboxylic acids is 2. The van der Waals surface area contributed by atoms with Crippen molar-refractivity contribution in [3.05, 3.63) is 42.6 Å². The lowest BCUT2D eigenvalue weighted by Gasteiger charge is -2.33. The van der Waals surface area contributed by atoms with Crippen molar-refractivity contribution in [3.63, 3.8) is 0 Å². The zero-order valence-electron chi connectivity index (χ0n) is 17.7. The Morgan fingerprint density at radius 2 is 1.94 bits per heavy atom. The minimum absolute atomic E-state index is 0.0423. The van der Waals surface area contributed by atoms with Crippen LogP contribution in [0.3, 0.4) is 0 Å². The van der Waals surface area contributed by atoms with Crippen LogP contribution in [0.1, 0.15) is 24.8 Å². The molecule has 4 heterocycles. The normalized spacial score (nSPS) is 26.8. The Labute approximate surface area is 190 Å². The maximum Gasteiger partial charge on any atom is 0.417 e. The number of anilines is 1. The van der Waals surface area contributed by atoms with Gasteiger partial charge in [0.1, 0.15) is 24.6 Å². The van der Waals surface area contributed by atoms with Crippen molar-refractivity contribution >= 4 is 28.7 Å². The van der Waals surface area contributed by atoms with Crippen LogP contribution in [0, 0.1) is 11.8 Å². The lowest BCUT2D eigenvalue weighted by Crippen LogP contribution is -2.46. The van der Waals surface area contributed by atoms with Crippen molar-refractivity contribution in [3.8, 4) is 5.88 Å². The summed E-state index contributed by atoms with van der Waals surface area (Å²) in [5, 5.41) is 0.789. The number of hydrogen-bond donors (Lipinski definition) is 1. The van der Waals surface area contributed by atoms with Crippen LogP contribution in [0.2, 0.25) is 0 Å². The highest BCUT2D eigenvalue weighted by molar-refractivity contribution is 6.12. The molecule has 3 aromatic heterocycles. The maximum atomic E-state index is 13.1. The van der Waals surface area contributed by atoms with Gasteiger partial charge in [-0.05, 0) is 43.2 Å². The molecule has 3 aliphatic rings. The van der Waals surface area contributed by atoms with Gasteiger partial charge in [0.05, 0.1) is 22.8 Å². The number of halogens is 3. The number of aromatic amines is 1. The van der Waals surface area contributed by atoms with Gasteiger partial charge < -0.3 is 9.72 Å². The number of rotatable bonds is 4. The van der Waals surface area contributed by atoms with Crippen LogP contribution in [0.25, 0.3) is 11.0 Å². The van der Waals surface area contributed by atoms with E-state index in [0.29, 0.717) is 30.6 Å². The molecule has 2 bridgehead atoms. The van der Waals surface area contributed by atoms with Crippen LogP contribution in [0.4, 0.5) is 23.7 Å². The maximum absolute atomic E-state index is 13.1. The van der Waals surface area contributed by atoms with E-state index in [9.17, 15) is 22.8 Å². The Kier molecular flexibility index (Phi) is 4.55. The van der Waals surface area contributed by atoms with Crippen LogP contribution in [0.15, 0.2) is 37.1 Å². The molecular weight excluding hydrogens is 453 g/mol. The summed E-state index contributed by atoms with van der Waals surface area (Å²) in [5.74, 6) is 0.286. The van der Waals surface area contributed by atoms with E-state index < -0.39 is 23.7 Å². The number of urea groups is 1. The van der Waals surface area contributed by atoms with Crippen molar-refractivity contribution in [2.45, 2.75) is 37.6 Å². The Bertz CT molecular complexity index is 1290. The highest BCUT2D eigenvalue weighted by Gasteiger charge is 2.54. The van der Waals surface area contributed by atoms with E-state index in [4.69, 9.17) is 4.74 Å². The number of imide groups is 1. The zero-order valence-corrected chi connectivity index (χ0v) is 17.7. The average Bonchev–Trinajstić information content (AvgIpc) is 3.57. The zero-order chi connectivity index (χ0) is 23.6. The number of carbonyl (C=O) groups is 2. The molecule has 9 nitrogen and oxygen atoms in total. The van der Waals surface area contributed by atoms with E-state index in [1.807, 2.05) is 6.07 Å². The molecule has 0 spiro atoms.